The zero-order valence-corrected chi connectivity index (χ0v) is 50.9. The number of pyridine rings is 6. The smallest absolute Gasteiger partial charge is 0.423 e. The number of aryl methyl sites for hydroxylation is 2. The number of aromatic amines is 1. The van der Waals surface area contributed by atoms with Crippen LogP contribution in [0.1, 0.15) is 66.6 Å². The molecule has 0 unspecified atom stereocenters. The second-order valence-corrected chi connectivity index (χ2v) is 23.2. The van der Waals surface area contributed by atoms with Gasteiger partial charge in [-0.25, -0.2) is 15.0 Å². The van der Waals surface area contributed by atoms with E-state index in [9.17, 15) is 45.5 Å². The summed E-state index contributed by atoms with van der Waals surface area (Å²) in [4.78, 5) is 74.5. The lowest BCUT2D eigenvalue weighted by Gasteiger charge is -2.16. The Hall–Kier alpha value is -10.4. The second-order valence-electron chi connectivity index (χ2n) is 22.4. The highest BCUT2D eigenvalue weighted by Crippen LogP contribution is 2.55. The van der Waals surface area contributed by atoms with Crippen molar-refractivity contribution in [3.05, 3.63) is 207 Å². The first-order valence-electron chi connectivity index (χ1n) is 28.9. The quantitative estimate of drug-likeness (QED) is 0.0377. The van der Waals surface area contributed by atoms with Crippen LogP contribution in [0.2, 0.25) is 0 Å². The lowest BCUT2D eigenvalue weighted by Crippen LogP contribution is -2.32. The molecule has 6 aromatic heterocycles. The van der Waals surface area contributed by atoms with Gasteiger partial charge in [0, 0.05) is 41.0 Å². The maximum atomic E-state index is 13.3. The fourth-order valence-electron chi connectivity index (χ4n) is 10.7. The van der Waals surface area contributed by atoms with Crippen LogP contribution in [-0.2, 0) is 30.6 Å². The van der Waals surface area contributed by atoms with E-state index in [1.165, 1.54) is 42.6 Å². The molecule has 3 fully saturated rings. The van der Waals surface area contributed by atoms with Gasteiger partial charge >= 0.3 is 26.0 Å². The van der Waals surface area contributed by atoms with E-state index in [1.54, 1.807) is 104 Å². The van der Waals surface area contributed by atoms with Crippen molar-refractivity contribution >= 4 is 63.7 Å². The first kappa shape index (κ1) is 63.8. The van der Waals surface area contributed by atoms with Gasteiger partial charge in [-0.3, -0.25) is 29.1 Å². The number of aromatic nitrogens is 6. The Morgan fingerprint density at radius 3 is 1.24 bits per heavy atom. The molecule has 480 valence electrons. The van der Waals surface area contributed by atoms with Crippen LogP contribution in [0.4, 0.5) is 43.8 Å². The molecule has 0 saturated heterocycles. The average molecular weight is 1350 g/mol. The predicted molar refractivity (Wildman–Crippen MR) is 330 cm³/mol. The van der Waals surface area contributed by atoms with Gasteiger partial charge in [0.15, 0.2) is 34.5 Å². The molecular weight excluding hydrogens is 1300 g/mol. The summed E-state index contributed by atoms with van der Waals surface area (Å²) in [6.07, 6.45) is -2.62. The fourth-order valence-corrected chi connectivity index (χ4v) is 11.0. The van der Waals surface area contributed by atoms with Crippen molar-refractivity contribution in [1.29, 1.82) is 0 Å². The molecule has 3 aliphatic carbocycles. The number of H-pyrrole nitrogens is 1. The number of anilines is 3. The van der Waals surface area contributed by atoms with E-state index in [-0.39, 0.29) is 57.8 Å². The van der Waals surface area contributed by atoms with Crippen LogP contribution >= 0.6 is 15.9 Å². The Kier molecular flexibility index (Phi) is 16.9. The molecule has 0 bridgehead atoms. The van der Waals surface area contributed by atoms with E-state index in [4.69, 9.17) is 10.0 Å². The Balaban J connectivity index is 0.000000127. The zero-order chi connectivity index (χ0) is 66.4. The molecule has 21 nitrogen and oxygen atoms in total. The molecule has 29 heteroatoms. The Labute approximate surface area is 538 Å². The Morgan fingerprint density at radius 1 is 0.479 bits per heavy atom. The Bertz CT molecular complexity index is 4500. The maximum Gasteiger partial charge on any atom is 0.586 e. The van der Waals surface area contributed by atoms with Gasteiger partial charge < -0.3 is 59.4 Å². The van der Waals surface area contributed by atoms with Gasteiger partial charge in [-0.2, -0.15) is 0 Å². The first-order valence-corrected chi connectivity index (χ1v) is 29.7. The minimum Gasteiger partial charge on any atom is -0.423 e. The zero-order valence-electron chi connectivity index (χ0n) is 49.3. The molecule has 3 amide bonds. The monoisotopic (exact) mass is 1350 g/mol. The topological polar surface area (TPSA) is 280 Å². The van der Waals surface area contributed by atoms with Crippen LogP contribution in [0.3, 0.4) is 0 Å². The van der Waals surface area contributed by atoms with Gasteiger partial charge in [0.05, 0.1) is 33.2 Å². The molecule has 3 aliphatic heterocycles. The minimum absolute atomic E-state index is 0.0337. The third-order valence-electron chi connectivity index (χ3n) is 16.1. The van der Waals surface area contributed by atoms with E-state index in [2.05, 4.69) is 90.2 Å². The summed E-state index contributed by atoms with van der Waals surface area (Å²) in [6, 6.07) is 39.2. The molecule has 9 aromatic rings. The van der Waals surface area contributed by atoms with Gasteiger partial charge in [0.1, 0.15) is 22.1 Å². The van der Waals surface area contributed by atoms with E-state index in [0.717, 1.165) is 11.3 Å². The number of carbonyl (C=O) groups excluding carboxylic acids is 3. The number of alkyl halides is 6. The number of nitrogens with one attached hydrogen (secondary N) is 4. The van der Waals surface area contributed by atoms with Crippen LogP contribution in [0.5, 0.6) is 34.5 Å². The highest BCUT2D eigenvalue weighted by molar-refractivity contribution is 9.10. The summed E-state index contributed by atoms with van der Waals surface area (Å²) in [7, 11) is -1.41. The lowest BCUT2D eigenvalue weighted by atomic mass is 9.79. The van der Waals surface area contributed by atoms with Crippen molar-refractivity contribution in [3.8, 4) is 57.0 Å². The Morgan fingerprint density at radius 2 is 0.862 bits per heavy atom. The number of hydrogen-bond donors (Lipinski definition) is 6. The molecule has 0 spiro atoms. The number of amides is 3. The summed E-state index contributed by atoms with van der Waals surface area (Å²) in [5.41, 5.74) is 3.45. The van der Waals surface area contributed by atoms with Crippen molar-refractivity contribution in [2.75, 3.05) is 16.0 Å². The number of carbonyl (C=O) groups is 3. The summed E-state index contributed by atoms with van der Waals surface area (Å²) in [5.74, 6) is 0.00351. The van der Waals surface area contributed by atoms with Crippen LogP contribution in [0.15, 0.2) is 174 Å². The van der Waals surface area contributed by atoms with Gasteiger partial charge in [0.25, 0.3) is 5.56 Å². The molecule has 0 atom stereocenters. The molecule has 6 N–H and O–H groups in total. The molecule has 94 heavy (non-hydrogen) atoms. The molecular formula is C65H51BBrF6N9O12. The number of ether oxygens (including phenoxy) is 6. The van der Waals surface area contributed by atoms with E-state index >= 15 is 0 Å². The molecule has 0 radical (unpaired) electrons. The van der Waals surface area contributed by atoms with Crippen molar-refractivity contribution in [1.82, 2.24) is 29.9 Å². The molecule has 15 rings (SSSR count). The van der Waals surface area contributed by atoms with Crippen molar-refractivity contribution in [2.24, 2.45) is 0 Å². The fraction of sp³-hybridized carbons (Fsp3) is 0.215. The van der Waals surface area contributed by atoms with Crippen molar-refractivity contribution < 1.29 is 79.2 Å². The molecule has 9 heterocycles. The number of nitrogens with zero attached hydrogens (tertiary/aromatic N) is 5. The number of halogens is 7. The van der Waals surface area contributed by atoms with Crippen LogP contribution in [0.25, 0.3) is 22.5 Å². The van der Waals surface area contributed by atoms with Gasteiger partial charge in [0.2, 0.25) is 17.7 Å². The SMILES string of the molecule is Cc1ncccc1-c1cccc(NC(=O)C2(c3ccc4c(c3)OC(F)(F)O4)CC2)n1.Cc1ncccc1B(O)O.O=C(Nc1cccc(-c2ccc[nH]c2=O)n1)C1(c2ccc3c(c2)OC(F)(F)O3)CC1.O=C(Nc1cccc(Br)n1)C1(c2ccc3c(c2)OC(F)(F)O3)CC1. The minimum atomic E-state index is -3.71. The van der Waals surface area contributed by atoms with Crippen LogP contribution < -0.4 is 55.4 Å². The van der Waals surface area contributed by atoms with Crippen molar-refractivity contribution in [2.45, 2.75) is 87.5 Å². The van der Waals surface area contributed by atoms with E-state index < -0.39 is 42.2 Å². The first-order chi connectivity index (χ1) is 44.8. The maximum absolute atomic E-state index is 13.3. The normalized spacial score (nSPS) is 17.0. The van der Waals surface area contributed by atoms with E-state index in [0.29, 0.717) is 105 Å². The third-order valence-corrected chi connectivity index (χ3v) is 16.5. The lowest BCUT2D eigenvalue weighted by molar-refractivity contribution is -0.287. The number of benzene rings is 3. The molecule has 3 saturated carbocycles. The molecule has 6 aliphatic rings. The standard InChI is InChI=1S/C22H17F2N3O3.C21H15F2N3O4.C16H11BrF2N2O3.C6H8BNO2/c1-13-15(4-3-11-25-13)16-5-2-6-19(26-16)27-20(28)21(9-10-21)14-7-8-17-18(12-14)30-22(23,24)29-17;22-21(23)29-15-7-6-12(11-16(15)30-21)20(8-9-20)19(28)26-17-5-1-4-14(25-17)13-3-2-10-24-18(13)27;17-12-2-1-3-13(20-12)21-14(22)15(6-7-15)9-4-5-10-11(8-9)24-16(18,19)23-10;1-5-6(7(9)10)3-2-4-8-5/h2-8,11-12H,9-10H2,1H3,(H,26,27,28);1-7,10-11H,8-9H2,(H,24,27)(H,25,26,28);1-5,8H,6-7H2,(H,20,21,22);2-4,9-10H,1H3. The van der Waals surface area contributed by atoms with Crippen molar-refractivity contribution in [3.63, 3.8) is 0 Å². The highest BCUT2D eigenvalue weighted by atomic mass is 79.9. The third kappa shape index (κ3) is 13.7. The predicted octanol–water partition coefficient (Wildman–Crippen LogP) is 10.8. The van der Waals surface area contributed by atoms with E-state index in [1.807, 2.05) is 31.2 Å². The number of hydrogen-bond acceptors (Lipinski definition) is 17. The second kappa shape index (κ2) is 24.9. The van der Waals surface area contributed by atoms with Crippen LogP contribution in [-0.4, -0.2) is 83.7 Å². The summed E-state index contributed by atoms with van der Waals surface area (Å²) >= 11 is 3.24. The molecule has 3 aromatic carbocycles. The summed E-state index contributed by atoms with van der Waals surface area (Å²) < 4.78 is 107. The number of fused-ring (bicyclic) bond motifs is 3. The summed E-state index contributed by atoms with van der Waals surface area (Å²) in [5, 5.41) is 25.8. The van der Waals surface area contributed by atoms with Crippen LogP contribution in [0, 0.1) is 13.8 Å². The largest absolute Gasteiger partial charge is 0.586 e. The van der Waals surface area contributed by atoms with Gasteiger partial charge in [-0.15, -0.1) is 26.3 Å². The van der Waals surface area contributed by atoms with Gasteiger partial charge in [-0.1, -0.05) is 42.5 Å². The number of rotatable bonds is 12. The average Bonchev–Trinajstić information content (AvgIpc) is 1.60. The van der Waals surface area contributed by atoms with Gasteiger partial charge in [-0.05, 0) is 188 Å². The highest BCUT2D eigenvalue weighted by Gasteiger charge is 2.55. The summed E-state index contributed by atoms with van der Waals surface area (Å²) in [6.45, 7) is 3.62.